The van der Waals surface area contributed by atoms with Crippen LogP contribution in [-0.4, -0.2) is 14.1 Å². The largest absolute Gasteiger partial charge is 0.388 e. The molecular weight excluding hydrogens is 244 g/mol. The summed E-state index contributed by atoms with van der Waals surface area (Å²) in [6, 6.07) is 15.8. The first-order valence-corrected chi connectivity index (χ1v) is 7.38. The number of benzene rings is 2. The van der Waals surface area contributed by atoms with Crippen molar-refractivity contribution >= 4 is 5.69 Å². The van der Waals surface area contributed by atoms with Gasteiger partial charge in [-0.05, 0) is 60.7 Å². The Balaban J connectivity index is 1.96. The fourth-order valence-corrected chi connectivity index (χ4v) is 3.17. The molecule has 2 heteroatoms. The highest BCUT2D eigenvalue weighted by atomic mass is 14.9. The van der Waals surface area contributed by atoms with Crippen molar-refractivity contribution in [1.82, 2.24) is 5.32 Å². The van der Waals surface area contributed by atoms with Gasteiger partial charge < -0.3 is 10.6 Å². The Hall–Kier alpha value is -1.80. The highest BCUT2D eigenvalue weighted by Gasteiger charge is 2.16. The van der Waals surface area contributed by atoms with E-state index in [2.05, 4.69) is 53.1 Å². The average Bonchev–Trinajstić information content (AvgIpc) is 2.96. The van der Waals surface area contributed by atoms with Gasteiger partial charge in [-0.1, -0.05) is 30.3 Å². The summed E-state index contributed by atoms with van der Waals surface area (Å²) in [5.41, 5.74) is 6.89. The Morgan fingerprint density at radius 2 is 1.70 bits per heavy atom. The predicted molar refractivity (Wildman–Crippen MR) is 85.4 cm³/mol. The van der Waals surface area contributed by atoms with Crippen LogP contribution in [0.3, 0.4) is 0 Å². The van der Waals surface area contributed by atoms with Crippen molar-refractivity contribution in [3.63, 3.8) is 0 Å². The molecule has 0 saturated heterocycles. The van der Waals surface area contributed by atoms with Crippen LogP contribution in [-0.2, 0) is 12.8 Å². The van der Waals surface area contributed by atoms with Gasteiger partial charge >= 0.3 is 0 Å². The lowest BCUT2D eigenvalue weighted by atomic mass is 9.95. The number of hydrogen-bond donors (Lipinski definition) is 2. The van der Waals surface area contributed by atoms with Gasteiger partial charge in [0.25, 0.3) is 0 Å². The highest BCUT2D eigenvalue weighted by Crippen LogP contribution is 2.29. The number of anilines is 1. The fourth-order valence-electron chi connectivity index (χ4n) is 3.17. The third kappa shape index (κ3) is 2.44. The van der Waals surface area contributed by atoms with Crippen LogP contribution in [0.5, 0.6) is 0 Å². The van der Waals surface area contributed by atoms with E-state index in [1.54, 1.807) is 0 Å². The monoisotopic (exact) mass is 266 g/mol. The van der Waals surface area contributed by atoms with E-state index in [1.165, 1.54) is 41.5 Å². The molecule has 0 amide bonds. The third-order valence-electron chi connectivity index (χ3n) is 4.25. The summed E-state index contributed by atoms with van der Waals surface area (Å²) in [5, 5.41) is 6.66. The molecule has 2 N–H and O–H groups in total. The molecule has 2 nitrogen and oxygen atoms in total. The predicted octanol–water partition coefficient (Wildman–Crippen LogP) is 3.53. The minimum absolute atomic E-state index is 0.259. The SMILES string of the molecule is CNc1cccc(C(NC)c2ccc3c(c2)CCC3)c1. The maximum absolute atomic E-state index is 3.45. The van der Waals surface area contributed by atoms with E-state index in [4.69, 9.17) is 0 Å². The van der Waals surface area contributed by atoms with Crippen LogP contribution < -0.4 is 10.6 Å². The van der Waals surface area contributed by atoms with Gasteiger partial charge in [0.1, 0.15) is 0 Å². The molecule has 1 unspecified atom stereocenters. The van der Waals surface area contributed by atoms with Gasteiger partial charge in [0.15, 0.2) is 0 Å². The summed E-state index contributed by atoms with van der Waals surface area (Å²) in [6.45, 7) is 0. The number of nitrogens with one attached hydrogen (secondary N) is 2. The minimum atomic E-state index is 0.259. The van der Waals surface area contributed by atoms with Gasteiger partial charge in [-0.25, -0.2) is 0 Å². The Bertz CT molecular complexity index is 604. The van der Waals surface area contributed by atoms with Crippen LogP contribution in [0.25, 0.3) is 0 Å². The number of rotatable bonds is 4. The second-order valence-corrected chi connectivity index (χ2v) is 5.48. The van der Waals surface area contributed by atoms with Crippen molar-refractivity contribution in [2.75, 3.05) is 19.4 Å². The number of aryl methyl sites for hydroxylation is 2. The zero-order valence-electron chi connectivity index (χ0n) is 12.2. The fraction of sp³-hybridized carbons (Fsp3) is 0.333. The highest BCUT2D eigenvalue weighted by molar-refractivity contribution is 5.48. The first kappa shape index (κ1) is 13.2. The summed E-state index contributed by atoms with van der Waals surface area (Å²) in [4.78, 5) is 0. The van der Waals surface area contributed by atoms with Crippen LogP contribution in [0.1, 0.15) is 34.7 Å². The Labute approximate surface area is 121 Å². The van der Waals surface area contributed by atoms with Gasteiger partial charge in [-0.2, -0.15) is 0 Å². The molecule has 0 spiro atoms. The van der Waals surface area contributed by atoms with Crippen LogP contribution in [0, 0.1) is 0 Å². The third-order valence-corrected chi connectivity index (χ3v) is 4.25. The van der Waals surface area contributed by atoms with Crippen molar-refractivity contribution in [2.24, 2.45) is 0 Å². The van der Waals surface area contributed by atoms with Crippen LogP contribution in [0.2, 0.25) is 0 Å². The van der Waals surface area contributed by atoms with E-state index in [1.807, 2.05) is 14.1 Å². The first-order valence-electron chi connectivity index (χ1n) is 7.38. The summed E-state index contributed by atoms with van der Waals surface area (Å²) in [5.74, 6) is 0. The molecule has 0 aromatic heterocycles. The number of fused-ring (bicyclic) bond motifs is 1. The average molecular weight is 266 g/mol. The topological polar surface area (TPSA) is 24.1 Å². The summed E-state index contributed by atoms with van der Waals surface area (Å²) in [6.07, 6.45) is 3.78. The standard InChI is InChI=1S/C18H22N2/c1-19-17-8-4-7-15(12-17)18(20-2)16-10-9-13-5-3-6-14(13)11-16/h4,7-12,18-20H,3,5-6H2,1-2H3. The van der Waals surface area contributed by atoms with E-state index < -0.39 is 0 Å². The molecule has 1 atom stereocenters. The zero-order valence-corrected chi connectivity index (χ0v) is 12.2. The Morgan fingerprint density at radius 1 is 0.900 bits per heavy atom. The van der Waals surface area contributed by atoms with E-state index >= 15 is 0 Å². The molecule has 0 bridgehead atoms. The number of hydrogen-bond acceptors (Lipinski definition) is 2. The minimum Gasteiger partial charge on any atom is -0.388 e. The van der Waals surface area contributed by atoms with Gasteiger partial charge in [0, 0.05) is 12.7 Å². The molecule has 0 radical (unpaired) electrons. The quantitative estimate of drug-likeness (QED) is 0.884. The van der Waals surface area contributed by atoms with E-state index in [0.29, 0.717) is 0 Å². The second kappa shape index (κ2) is 5.68. The molecule has 1 aliphatic carbocycles. The second-order valence-electron chi connectivity index (χ2n) is 5.48. The van der Waals surface area contributed by atoms with Gasteiger partial charge in [-0.15, -0.1) is 0 Å². The van der Waals surface area contributed by atoms with Crippen molar-refractivity contribution < 1.29 is 0 Å². The lowest BCUT2D eigenvalue weighted by molar-refractivity contribution is 0.691. The van der Waals surface area contributed by atoms with Crippen molar-refractivity contribution in [2.45, 2.75) is 25.3 Å². The molecule has 0 saturated carbocycles. The van der Waals surface area contributed by atoms with E-state index in [-0.39, 0.29) is 6.04 Å². The molecule has 0 heterocycles. The van der Waals surface area contributed by atoms with Crippen LogP contribution in [0.15, 0.2) is 42.5 Å². The van der Waals surface area contributed by atoms with Gasteiger partial charge in [0.05, 0.1) is 6.04 Å². The molecule has 0 fully saturated rings. The van der Waals surface area contributed by atoms with Gasteiger partial charge in [-0.3, -0.25) is 0 Å². The first-order chi connectivity index (χ1) is 9.81. The molecule has 3 rings (SSSR count). The van der Waals surface area contributed by atoms with Crippen molar-refractivity contribution in [1.29, 1.82) is 0 Å². The molecule has 1 aliphatic rings. The van der Waals surface area contributed by atoms with Crippen LogP contribution >= 0.6 is 0 Å². The zero-order chi connectivity index (χ0) is 13.9. The smallest absolute Gasteiger partial charge is 0.0575 e. The summed E-state index contributed by atoms with van der Waals surface area (Å²) >= 11 is 0. The van der Waals surface area contributed by atoms with Crippen LogP contribution in [0.4, 0.5) is 5.69 Å². The van der Waals surface area contributed by atoms with Crippen molar-refractivity contribution in [3.05, 3.63) is 64.7 Å². The molecule has 0 aliphatic heterocycles. The molecule has 20 heavy (non-hydrogen) atoms. The molecule has 2 aromatic carbocycles. The summed E-state index contributed by atoms with van der Waals surface area (Å²) in [7, 11) is 3.99. The normalized spacial score (nSPS) is 14.9. The van der Waals surface area contributed by atoms with E-state index in [0.717, 1.165) is 5.69 Å². The van der Waals surface area contributed by atoms with E-state index in [9.17, 15) is 0 Å². The molecule has 104 valence electrons. The lowest BCUT2D eigenvalue weighted by Crippen LogP contribution is -2.18. The summed E-state index contributed by atoms with van der Waals surface area (Å²) < 4.78 is 0. The lowest BCUT2D eigenvalue weighted by Gasteiger charge is -2.19. The maximum Gasteiger partial charge on any atom is 0.0575 e. The van der Waals surface area contributed by atoms with Crippen molar-refractivity contribution in [3.8, 4) is 0 Å². The van der Waals surface area contributed by atoms with Gasteiger partial charge in [0.2, 0.25) is 0 Å². The Kier molecular flexibility index (Phi) is 3.75. The molecule has 2 aromatic rings. The maximum atomic E-state index is 3.45. The Morgan fingerprint density at radius 3 is 2.50 bits per heavy atom. The molecular formula is C18H22N2.